The number of nitrogens with one attached hydrogen (secondary N) is 2. The van der Waals surface area contributed by atoms with Crippen molar-refractivity contribution in [2.75, 3.05) is 26.8 Å². The number of carbonyl (C=O) groups is 1. The van der Waals surface area contributed by atoms with E-state index in [-0.39, 0.29) is 18.1 Å². The van der Waals surface area contributed by atoms with Gasteiger partial charge in [-0.25, -0.2) is 4.79 Å². The Morgan fingerprint density at radius 3 is 2.77 bits per heavy atom. The summed E-state index contributed by atoms with van der Waals surface area (Å²) in [5.74, 6) is 0. The molecule has 2 amide bonds. The lowest BCUT2D eigenvalue weighted by atomic mass is 10.1. The van der Waals surface area contributed by atoms with Crippen LogP contribution in [0.25, 0.3) is 0 Å². The molecule has 1 aromatic carbocycles. The molecule has 1 aliphatic rings. The van der Waals surface area contributed by atoms with Gasteiger partial charge in [0.2, 0.25) is 0 Å². The number of rotatable bonds is 6. The fraction of sp³-hybridized carbons (Fsp3) is 0.588. The summed E-state index contributed by atoms with van der Waals surface area (Å²) in [5, 5.41) is 5.95. The number of amides is 2. The van der Waals surface area contributed by atoms with E-state index >= 15 is 0 Å². The van der Waals surface area contributed by atoms with Crippen LogP contribution in [-0.4, -0.2) is 49.8 Å². The molecule has 22 heavy (non-hydrogen) atoms. The van der Waals surface area contributed by atoms with Gasteiger partial charge in [0, 0.05) is 32.3 Å². The van der Waals surface area contributed by atoms with Gasteiger partial charge < -0.3 is 15.4 Å². The Labute approximate surface area is 133 Å². The van der Waals surface area contributed by atoms with Crippen LogP contribution in [0.5, 0.6) is 0 Å². The largest absolute Gasteiger partial charge is 0.383 e. The summed E-state index contributed by atoms with van der Waals surface area (Å²) in [6, 6.07) is 11.0. The maximum Gasteiger partial charge on any atom is 0.315 e. The first kappa shape index (κ1) is 16.8. The van der Waals surface area contributed by atoms with Crippen molar-refractivity contribution in [1.82, 2.24) is 15.5 Å². The Hall–Kier alpha value is -1.59. The lowest BCUT2D eigenvalue weighted by Crippen LogP contribution is -2.47. The highest BCUT2D eigenvalue weighted by molar-refractivity contribution is 5.74. The highest BCUT2D eigenvalue weighted by Crippen LogP contribution is 2.24. The molecule has 0 aliphatic carbocycles. The molecule has 3 unspecified atom stereocenters. The summed E-state index contributed by atoms with van der Waals surface area (Å²) < 4.78 is 5.02. The first-order chi connectivity index (χ1) is 10.6. The molecule has 0 saturated carbocycles. The van der Waals surface area contributed by atoms with Crippen LogP contribution in [0.1, 0.15) is 31.9 Å². The van der Waals surface area contributed by atoms with Crippen LogP contribution in [0.4, 0.5) is 4.79 Å². The number of hydrogen-bond donors (Lipinski definition) is 2. The maximum absolute atomic E-state index is 11.9. The highest BCUT2D eigenvalue weighted by atomic mass is 16.5. The van der Waals surface area contributed by atoms with Gasteiger partial charge in [-0.1, -0.05) is 30.3 Å². The molecule has 3 atom stereocenters. The number of urea groups is 1. The van der Waals surface area contributed by atoms with Crippen molar-refractivity contribution in [3.8, 4) is 0 Å². The highest BCUT2D eigenvalue weighted by Gasteiger charge is 2.27. The van der Waals surface area contributed by atoms with E-state index in [9.17, 15) is 4.79 Å². The number of likely N-dealkylation sites (tertiary alicyclic amines) is 1. The number of hydrogen-bond acceptors (Lipinski definition) is 3. The van der Waals surface area contributed by atoms with Crippen LogP contribution in [0.3, 0.4) is 0 Å². The normalized spacial score (nSPS) is 21.3. The number of ether oxygens (including phenoxy) is 1. The van der Waals surface area contributed by atoms with E-state index in [1.165, 1.54) is 5.56 Å². The molecule has 1 aromatic rings. The van der Waals surface area contributed by atoms with Crippen molar-refractivity contribution in [1.29, 1.82) is 0 Å². The summed E-state index contributed by atoms with van der Waals surface area (Å²) in [6.07, 6.45) is 0.989. The molecule has 1 aliphatic heterocycles. The van der Waals surface area contributed by atoms with E-state index in [2.05, 4.69) is 46.7 Å². The smallest absolute Gasteiger partial charge is 0.315 e. The van der Waals surface area contributed by atoms with Gasteiger partial charge in [0.05, 0.1) is 12.6 Å². The molecule has 122 valence electrons. The van der Waals surface area contributed by atoms with Crippen molar-refractivity contribution in [3.63, 3.8) is 0 Å². The zero-order chi connectivity index (χ0) is 15.9. The van der Waals surface area contributed by atoms with E-state index < -0.39 is 0 Å². The average Bonchev–Trinajstić information content (AvgIpc) is 2.95. The van der Waals surface area contributed by atoms with Crippen molar-refractivity contribution in [2.24, 2.45) is 0 Å². The standard InChI is InChI=1S/C17H27N3O2/c1-13(12-22-3)18-17(21)19-16-9-10-20(11-16)14(2)15-7-5-4-6-8-15/h4-8,13-14,16H,9-12H2,1-3H3,(H2,18,19,21). The van der Waals surface area contributed by atoms with Gasteiger partial charge in [-0.3, -0.25) is 4.90 Å². The predicted molar refractivity (Wildman–Crippen MR) is 87.8 cm³/mol. The van der Waals surface area contributed by atoms with Gasteiger partial charge in [0.1, 0.15) is 0 Å². The van der Waals surface area contributed by atoms with Gasteiger partial charge in [-0.05, 0) is 25.8 Å². The average molecular weight is 305 g/mol. The molecule has 5 nitrogen and oxygen atoms in total. The summed E-state index contributed by atoms with van der Waals surface area (Å²) >= 11 is 0. The third-order valence-corrected chi connectivity index (χ3v) is 4.18. The van der Waals surface area contributed by atoms with E-state index in [4.69, 9.17) is 4.74 Å². The summed E-state index contributed by atoms with van der Waals surface area (Å²) in [5.41, 5.74) is 1.32. The van der Waals surface area contributed by atoms with E-state index in [0.717, 1.165) is 19.5 Å². The van der Waals surface area contributed by atoms with Crippen LogP contribution in [0, 0.1) is 0 Å². The van der Waals surface area contributed by atoms with Gasteiger partial charge >= 0.3 is 6.03 Å². The third-order valence-electron chi connectivity index (χ3n) is 4.18. The van der Waals surface area contributed by atoms with E-state index in [1.807, 2.05) is 13.0 Å². The monoisotopic (exact) mass is 305 g/mol. The van der Waals surface area contributed by atoms with Crippen molar-refractivity contribution < 1.29 is 9.53 Å². The van der Waals surface area contributed by atoms with Crippen LogP contribution in [-0.2, 0) is 4.74 Å². The van der Waals surface area contributed by atoms with Crippen molar-refractivity contribution >= 4 is 6.03 Å². The van der Waals surface area contributed by atoms with Crippen LogP contribution >= 0.6 is 0 Å². The Morgan fingerprint density at radius 2 is 2.09 bits per heavy atom. The molecule has 2 rings (SSSR count). The summed E-state index contributed by atoms with van der Waals surface area (Å²) in [7, 11) is 1.63. The predicted octanol–water partition coefficient (Wildman–Crippen LogP) is 2.16. The first-order valence-corrected chi connectivity index (χ1v) is 7.95. The third kappa shape index (κ3) is 4.71. The van der Waals surface area contributed by atoms with Gasteiger partial charge in [-0.2, -0.15) is 0 Å². The molecule has 0 radical (unpaired) electrons. The molecule has 0 spiro atoms. The molecule has 1 saturated heterocycles. The Kier molecular flexibility index (Phi) is 6.21. The second kappa shape index (κ2) is 8.15. The lowest BCUT2D eigenvalue weighted by molar-refractivity contribution is 0.170. The zero-order valence-electron chi connectivity index (χ0n) is 13.7. The SMILES string of the molecule is COCC(C)NC(=O)NC1CCN(C(C)c2ccccc2)C1. The molecule has 5 heteroatoms. The minimum Gasteiger partial charge on any atom is -0.383 e. The number of benzene rings is 1. The maximum atomic E-state index is 11.9. The molecule has 0 bridgehead atoms. The molecular weight excluding hydrogens is 278 g/mol. The van der Waals surface area contributed by atoms with Crippen LogP contribution < -0.4 is 10.6 Å². The topological polar surface area (TPSA) is 53.6 Å². The molecule has 1 fully saturated rings. The molecule has 0 aromatic heterocycles. The second-order valence-electron chi connectivity index (χ2n) is 6.04. The van der Waals surface area contributed by atoms with Crippen LogP contribution in [0.2, 0.25) is 0 Å². The Morgan fingerprint density at radius 1 is 1.36 bits per heavy atom. The van der Waals surface area contributed by atoms with Crippen molar-refractivity contribution in [3.05, 3.63) is 35.9 Å². The Balaban J connectivity index is 1.79. The fourth-order valence-corrected chi connectivity index (χ4v) is 2.94. The minimum atomic E-state index is -0.108. The number of nitrogens with zero attached hydrogens (tertiary/aromatic N) is 1. The number of methoxy groups -OCH3 is 1. The molecule has 1 heterocycles. The fourth-order valence-electron chi connectivity index (χ4n) is 2.94. The van der Waals surface area contributed by atoms with Crippen molar-refractivity contribution in [2.45, 2.75) is 38.4 Å². The first-order valence-electron chi connectivity index (χ1n) is 7.95. The summed E-state index contributed by atoms with van der Waals surface area (Å²) in [6.45, 7) is 6.58. The Bertz CT molecular complexity index is 466. The van der Waals surface area contributed by atoms with Gasteiger partial charge in [0.25, 0.3) is 0 Å². The quantitative estimate of drug-likeness (QED) is 0.847. The summed E-state index contributed by atoms with van der Waals surface area (Å²) in [4.78, 5) is 14.4. The minimum absolute atomic E-state index is 0.0192. The van der Waals surface area contributed by atoms with Crippen LogP contribution in [0.15, 0.2) is 30.3 Å². The van der Waals surface area contributed by atoms with Gasteiger partial charge in [-0.15, -0.1) is 0 Å². The van der Waals surface area contributed by atoms with E-state index in [1.54, 1.807) is 7.11 Å². The lowest BCUT2D eigenvalue weighted by Gasteiger charge is -2.25. The molecule has 2 N–H and O–H groups in total. The number of carbonyl (C=O) groups excluding carboxylic acids is 1. The molecular formula is C17H27N3O2. The van der Waals surface area contributed by atoms with E-state index in [0.29, 0.717) is 12.6 Å². The zero-order valence-corrected chi connectivity index (χ0v) is 13.7. The second-order valence-corrected chi connectivity index (χ2v) is 6.04. The van der Waals surface area contributed by atoms with Gasteiger partial charge in [0.15, 0.2) is 0 Å².